The van der Waals surface area contributed by atoms with Crippen LogP contribution in [-0.2, 0) is 12.6 Å². The zero-order valence-corrected chi connectivity index (χ0v) is 15.7. The van der Waals surface area contributed by atoms with E-state index in [0.29, 0.717) is 23.4 Å². The summed E-state index contributed by atoms with van der Waals surface area (Å²) < 4.78 is 39.1. The molecule has 1 N–H and O–H groups in total. The van der Waals surface area contributed by atoms with Gasteiger partial charge in [0, 0.05) is 18.7 Å². The molecule has 3 rings (SSSR count). The Bertz CT molecular complexity index is 1080. The maximum absolute atomic E-state index is 12.6. The Balaban J connectivity index is 1.64. The molecule has 30 heavy (non-hydrogen) atoms. The summed E-state index contributed by atoms with van der Waals surface area (Å²) in [5, 5.41) is 21.3. The van der Waals surface area contributed by atoms with Crippen LogP contribution in [0.15, 0.2) is 48.5 Å². The summed E-state index contributed by atoms with van der Waals surface area (Å²) in [6.45, 7) is 1.79. The Morgan fingerprint density at radius 2 is 1.90 bits per heavy atom. The third-order valence-electron chi connectivity index (χ3n) is 4.38. The maximum atomic E-state index is 12.6. The van der Waals surface area contributed by atoms with Crippen molar-refractivity contribution in [2.75, 3.05) is 6.54 Å². The Kier molecular flexibility index (Phi) is 5.81. The van der Waals surface area contributed by atoms with Gasteiger partial charge in [0.2, 0.25) is 0 Å². The van der Waals surface area contributed by atoms with E-state index in [1.165, 1.54) is 35.0 Å². The van der Waals surface area contributed by atoms with Gasteiger partial charge >= 0.3 is 6.18 Å². The minimum absolute atomic E-state index is 0.0499. The molecule has 0 bridgehead atoms. The maximum Gasteiger partial charge on any atom is 0.416 e. The third kappa shape index (κ3) is 4.62. The number of hydrogen-bond acceptors (Lipinski definition) is 5. The van der Waals surface area contributed by atoms with Crippen molar-refractivity contribution in [2.24, 2.45) is 0 Å². The van der Waals surface area contributed by atoms with E-state index in [-0.39, 0.29) is 17.9 Å². The lowest BCUT2D eigenvalue weighted by Crippen LogP contribution is -2.26. The van der Waals surface area contributed by atoms with Gasteiger partial charge in [-0.2, -0.15) is 13.2 Å². The highest BCUT2D eigenvalue weighted by atomic mass is 19.4. The molecule has 0 aliphatic rings. The molecule has 0 unspecified atom stereocenters. The zero-order chi connectivity index (χ0) is 21.9. The molecule has 0 aliphatic heterocycles. The Labute approximate surface area is 168 Å². The van der Waals surface area contributed by atoms with E-state index in [9.17, 15) is 28.1 Å². The fourth-order valence-corrected chi connectivity index (χ4v) is 2.79. The van der Waals surface area contributed by atoms with Crippen LogP contribution >= 0.6 is 0 Å². The van der Waals surface area contributed by atoms with Crippen LogP contribution < -0.4 is 5.32 Å². The highest BCUT2D eigenvalue weighted by molar-refractivity contribution is 5.93. The summed E-state index contributed by atoms with van der Waals surface area (Å²) in [7, 11) is 0. The molecule has 156 valence electrons. The molecule has 8 nitrogen and oxygen atoms in total. The van der Waals surface area contributed by atoms with Crippen LogP contribution in [0.3, 0.4) is 0 Å². The molecule has 3 aromatic rings. The summed E-state index contributed by atoms with van der Waals surface area (Å²) in [4.78, 5) is 22.8. The van der Waals surface area contributed by atoms with Gasteiger partial charge < -0.3 is 5.32 Å². The zero-order valence-electron chi connectivity index (χ0n) is 15.7. The first-order valence-corrected chi connectivity index (χ1v) is 8.78. The van der Waals surface area contributed by atoms with E-state index in [1.807, 2.05) is 0 Å². The number of nitrogens with zero attached hydrogens (tertiary/aromatic N) is 4. The standard InChI is InChI=1S/C19H16F3N5O3/c1-12-17(24-25-26(12)15-3-2-4-16(11-15)27(29)30)18(28)23-10-9-13-5-7-14(8-6-13)19(20,21)22/h2-8,11H,9-10H2,1H3,(H,23,28). The number of halogens is 3. The molecule has 0 spiro atoms. The molecular weight excluding hydrogens is 403 g/mol. The molecule has 0 radical (unpaired) electrons. The van der Waals surface area contributed by atoms with Crippen molar-refractivity contribution in [1.29, 1.82) is 0 Å². The van der Waals surface area contributed by atoms with Gasteiger partial charge in [-0.25, -0.2) is 4.68 Å². The van der Waals surface area contributed by atoms with E-state index >= 15 is 0 Å². The molecule has 0 atom stereocenters. The monoisotopic (exact) mass is 419 g/mol. The Morgan fingerprint density at radius 1 is 1.20 bits per heavy atom. The van der Waals surface area contributed by atoms with Gasteiger partial charge in [-0.3, -0.25) is 14.9 Å². The van der Waals surface area contributed by atoms with E-state index in [0.717, 1.165) is 12.1 Å². The number of carbonyl (C=O) groups is 1. The topological polar surface area (TPSA) is 103 Å². The minimum atomic E-state index is -4.39. The predicted molar refractivity (Wildman–Crippen MR) is 100 cm³/mol. The molecule has 0 fully saturated rings. The van der Waals surface area contributed by atoms with Crippen LogP contribution in [-0.4, -0.2) is 32.4 Å². The summed E-state index contributed by atoms with van der Waals surface area (Å²) >= 11 is 0. The number of benzene rings is 2. The van der Waals surface area contributed by atoms with E-state index in [1.54, 1.807) is 13.0 Å². The number of carbonyl (C=O) groups excluding carboxylic acids is 1. The quantitative estimate of drug-likeness (QED) is 0.487. The minimum Gasteiger partial charge on any atom is -0.350 e. The highest BCUT2D eigenvalue weighted by Gasteiger charge is 2.29. The Morgan fingerprint density at radius 3 is 2.53 bits per heavy atom. The number of aromatic nitrogens is 3. The van der Waals surface area contributed by atoms with Gasteiger partial charge in [0.15, 0.2) is 5.69 Å². The summed E-state index contributed by atoms with van der Waals surface area (Å²) in [6, 6.07) is 10.5. The van der Waals surface area contributed by atoms with Crippen LogP contribution in [0.4, 0.5) is 18.9 Å². The SMILES string of the molecule is Cc1c(C(=O)NCCc2ccc(C(F)(F)F)cc2)nnn1-c1cccc([N+](=O)[O-])c1. The van der Waals surface area contributed by atoms with Crippen molar-refractivity contribution in [3.05, 3.63) is 81.2 Å². The molecule has 2 aromatic carbocycles. The average molecular weight is 419 g/mol. The first-order valence-electron chi connectivity index (χ1n) is 8.78. The molecule has 1 amide bonds. The van der Waals surface area contributed by atoms with Gasteiger partial charge in [-0.05, 0) is 37.1 Å². The Hall–Kier alpha value is -3.76. The molecule has 1 heterocycles. The van der Waals surface area contributed by atoms with Crippen LogP contribution in [0.25, 0.3) is 5.69 Å². The first-order chi connectivity index (χ1) is 14.2. The first kappa shape index (κ1) is 21.0. The number of non-ortho nitro benzene ring substituents is 1. The van der Waals surface area contributed by atoms with E-state index in [2.05, 4.69) is 15.6 Å². The molecule has 11 heteroatoms. The van der Waals surface area contributed by atoms with Crippen LogP contribution in [0.2, 0.25) is 0 Å². The summed E-state index contributed by atoms with van der Waals surface area (Å²) in [5.74, 6) is -0.504. The van der Waals surface area contributed by atoms with E-state index < -0.39 is 22.6 Å². The predicted octanol–water partition coefficient (Wildman–Crippen LogP) is 3.48. The molecule has 0 aliphatic carbocycles. The van der Waals surface area contributed by atoms with Crippen molar-refractivity contribution >= 4 is 11.6 Å². The van der Waals surface area contributed by atoms with Gasteiger partial charge in [0.1, 0.15) is 0 Å². The van der Waals surface area contributed by atoms with Crippen molar-refractivity contribution in [3.63, 3.8) is 0 Å². The summed E-state index contributed by atoms with van der Waals surface area (Å²) in [5.41, 5.74) is 0.614. The molecule has 1 aromatic heterocycles. The second-order valence-corrected chi connectivity index (χ2v) is 6.41. The number of alkyl halides is 3. The van der Waals surface area contributed by atoms with Gasteiger partial charge in [-0.15, -0.1) is 5.10 Å². The molecule has 0 saturated carbocycles. The van der Waals surface area contributed by atoms with Crippen molar-refractivity contribution in [2.45, 2.75) is 19.5 Å². The smallest absolute Gasteiger partial charge is 0.350 e. The van der Waals surface area contributed by atoms with Crippen molar-refractivity contribution in [3.8, 4) is 5.69 Å². The number of amides is 1. The number of nitrogens with one attached hydrogen (secondary N) is 1. The molecule has 0 saturated heterocycles. The van der Waals surface area contributed by atoms with E-state index in [4.69, 9.17) is 0 Å². The fourth-order valence-electron chi connectivity index (χ4n) is 2.79. The third-order valence-corrected chi connectivity index (χ3v) is 4.38. The van der Waals surface area contributed by atoms with Gasteiger partial charge in [0.25, 0.3) is 11.6 Å². The normalized spacial score (nSPS) is 11.3. The number of hydrogen-bond donors (Lipinski definition) is 1. The second-order valence-electron chi connectivity index (χ2n) is 6.41. The number of nitro groups is 1. The largest absolute Gasteiger partial charge is 0.416 e. The number of rotatable bonds is 6. The van der Waals surface area contributed by atoms with Crippen molar-refractivity contribution < 1.29 is 22.9 Å². The lowest BCUT2D eigenvalue weighted by Gasteiger charge is -2.08. The lowest BCUT2D eigenvalue weighted by atomic mass is 10.1. The van der Waals surface area contributed by atoms with Gasteiger partial charge in [-0.1, -0.05) is 23.4 Å². The highest BCUT2D eigenvalue weighted by Crippen LogP contribution is 2.29. The number of nitro benzene ring substituents is 1. The lowest BCUT2D eigenvalue weighted by molar-refractivity contribution is -0.384. The van der Waals surface area contributed by atoms with Crippen LogP contribution in [0, 0.1) is 17.0 Å². The fraction of sp³-hybridized carbons (Fsp3) is 0.211. The van der Waals surface area contributed by atoms with Crippen molar-refractivity contribution in [1.82, 2.24) is 20.3 Å². The average Bonchev–Trinajstić information content (AvgIpc) is 3.09. The second kappa shape index (κ2) is 8.31. The van der Waals surface area contributed by atoms with Gasteiger partial charge in [0.05, 0.1) is 21.9 Å². The van der Waals surface area contributed by atoms with Crippen LogP contribution in [0.1, 0.15) is 27.3 Å². The summed E-state index contributed by atoms with van der Waals surface area (Å²) in [6.07, 6.45) is -4.06. The van der Waals surface area contributed by atoms with Crippen LogP contribution in [0.5, 0.6) is 0 Å². The molecular formula is C19H16F3N5O3.